The zero-order valence-corrected chi connectivity index (χ0v) is 11.0. The minimum atomic E-state index is -3.70. The molecule has 9 heteroatoms. The maximum Gasteiger partial charge on any atom is 0.229 e. The summed E-state index contributed by atoms with van der Waals surface area (Å²) in [5.74, 6) is 0.0534. The van der Waals surface area contributed by atoms with Crippen LogP contribution in [0, 0.1) is 0 Å². The number of rotatable bonds is 2. The lowest BCUT2D eigenvalue weighted by atomic mass is 10.4. The number of sulfonamides is 1. The largest absolute Gasteiger partial charge is 0.295 e. The fourth-order valence-corrected chi connectivity index (χ4v) is 2.62. The van der Waals surface area contributed by atoms with Crippen LogP contribution in [-0.4, -0.2) is 36.1 Å². The summed E-state index contributed by atoms with van der Waals surface area (Å²) >= 11 is 3.15. The molecule has 1 aromatic rings. The van der Waals surface area contributed by atoms with Gasteiger partial charge < -0.3 is 0 Å². The lowest BCUT2D eigenvalue weighted by Gasteiger charge is -2.14. The average molecular weight is 321 g/mol. The number of nitrogens with zero attached hydrogens (tertiary/aromatic N) is 3. The van der Waals surface area contributed by atoms with Crippen molar-refractivity contribution in [2.24, 2.45) is 5.14 Å². The predicted octanol–water partition coefficient (Wildman–Crippen LogP) is -0.367. The first kappa shape index (κ1) is 12.4. The lowest BCUT2D eigenvalue weighted by molar-refractivity contribution is -0.117. The summed E-state index contributed by atoms with van der Waals surface area (Å²) in [6.45, 7) is 0.0289. The molecule has 1 aromatic heterocycles. The van der Waals surface area contributed by atoms with Gasteiger partial charge in [0.15, 0.2) is 0 Å². The van der Waals surface area contributed by atoms with Crippen LogP contribution < -0.4 is 10.0 Å². The zero-order valence-electron chi connectivity index (χ0n) is 8.58. The summed E-state index contributed by atoms with van der Waals surface area (Å²) in [7, 11) is -3.70. The van der Waals surface area contributed by atoms with Crippen molar-refractivity contribution >= 4 is 37.7 Å². The van der Waals surface area contributed by atoms with E-state index in [2.05, 4.69) is 25.9 Å². The molecule has 0 spiro atoms. The predicted molar refractivity (Wildman–Crippen MR) is 63.6 cm³/mol. The molecule has 0 aliphatic carbocycles. The molecule has 0 bridgehead atoms. The van der Waals surface area contributed by atoms with Gasteiger partial charge in [-0.1, -0.05) is 0 Å². The third-order valence-corrected chi connectivity index (χ3v) is 4.13. The number of nitrogens with two attached hydrogens (primary N) is 1. The van der Waals surface area contributed by atoms with E-state index in [0.29, 0.717) is 10.4 Å². The maximum absolute atomic E-state index is 11.7. The Kier molecular flexibility index (Phi) is 3.15. The molecular weight excluding hydrogens is 312 g/mol. The van der Waals surface area contributed by atoms with Gasteiger partial charge in [0, 0.05) is 19.0 Å². The van der Waals surface area contributed by atoms with E-state index in [1.54, 1.807) is 6.07 Å². The molecule has 7 nitrogen and oxygen atoms in total. The van der Waals surface area contributed by atoms with Crippen molar-refractivity contribution in [2.45, 2.75) is 11.7 Å². The molecule has 1 aliphatic heterocycles. The van der Waals surface area contributed by atoms with Crippen molar-refractivity contribution in [1.82, 2.24) is 9.97 Å². The second kappa shape index (κ2) is 4.31. The lowest BCUT2D eigenvalue weighted by Crippen LogP contribution is -2.32. The van der Waals surface area contributed by atoms with E-state index in [4.69, 9.17) is 5.14 Å². The first-order valence-electron chi connectivity index (χ1n) is 4.67. The molecule has 0 aromatic carbocycles. The van der Waals surface area contributed by atoms with Gasteiger partial charge >= 0.3 is 0 Å². The van der Waals surface area contributed by atoms with Crippen molar-refractivity contribution in [3.63, 3.8) is 0 Å². The normalized spacial score (nSPS) is 20.9. The van der Waals surface area contributed by atoms with Crippen LogP contribution in [0.1, 0.15) is 6.42 Å². The number of hydrogen-bond acceptors (Lipinski definition) is 5. The molecule has 92 valence electrons. The highest BCUT2D eigenvalue weighted by Crippen LogP contribution is 2.23. The van der Waals surface area contributed by atoms with E-state index in [1.165, 1.54) is 11.2 Å². The molecule has 1 fully saturated rings. The van der Waals surface area contributed by atoms with E-state index in [9.17, 15) is 13.2 Å². The molecular formula is C8H9BrN4O3S. The highest BCUT2D eigenvalue weighted by atomic mass is 79.9. The van der Waals surface area contributed by atoms with Crippen molar-refractivity contribution < 1.29 is 13.2 Å². The Morgan fingerprint density at radius 3 is 2.71 bits per heavy atom. The molecule has 0 radical (unpaired) electrons. The standard InChI is InChI=1S/C8H9BrN4O3S/c9-6-2-7(12-4-11-6)13-3-5(1-8(13)14)17(10,15)16/h2,4-5H,1,3H2,(H2,10,15,16). The van der Waals surface area contributed by atoms with Gasteiger partial charge in [-0.2, -0.15) is 0 Å². The number of carbonyl (C=O) groups excluding carboxylic acids is 1. The third-order valence-electron chi connectivity index (χ3n) is 2.45. The smallest absolute Gasteiger partial charge is 0.229 e. The first-order chi connectivity index (χ1) is 7.88. The number of aromatic nitrogens is 2. The van der Waals surface area contributed by atoms with Crippen LogP contribution in [0.25, 0.3) is 0 Å². The van der Waals surface area contributed by atoms with Crippen molar-refractivity contribution in [3.05, 3.63) is 17.0 Å². The number of halogens is 1. The van der Waals surface area contributed by atoms with Crippen LogP contribution in [0.2, 0.25) is 0 Å². The van der Waals surface area contributed by atoms with Gasteiger partial charge in [0.05, 0.1) is 0 Å². The van der Waals surface area contributed by atoms with Crippen molar-refractivity contribution in [2.75, 3.05) is 11.4 Å². The third kappa shape index (κ3) is 2.61. The highest BCUT2D eigenvalue weighted by Gasteiger charge is 2.37. The van der Waals surface area contributed by atoms with Crippen molar-refractivity contribution in [1.29, 1.82) is 0 Å². The molecule has 17 heavy (non-hydrogen) atoms. The molecule has 2 rings (SSSR count). The topological polar surface area (TPSA) is 106 Å². The summed E-state index contributed by atoms with van der Waals surface area (Å²) in [6, 6.07) is 1.55. The van der Waals surface area contributed by atoms with E-state index in [1.807, 2.05) is 0 Å². The van der Waals surface area contributed by atoms with E-state index >= 15 is 0 Å². The Bertz CT molecular complexity index is 562. The fourth-order valence-electron chi connectivity index (χ4n) is 1.59. The van der Waals surface area contributed by atoms with Gasteiger partial charge in [-0.3, -0.25) is 9.69 Å². The molecule has 1 aliphatic rings. The van der Waals surface area contributed by atoms with Crippen LogP contribution in [0.5, 0.6) is 0 Å². The Balaban J connectivity index is 2.28. The summed E-state index contributed by atoms with van der Waals surface area (Å²) in [6.07, 6.45) is 1.18. The van der Waals surface area contributed by atoms with Crippen LogP contribution in [-0.2, 0) is 14.8 Å². The summed E-state index contributed by atoms with van der Waals surface area (Å²) < 4.78 is 22.9. The van der Waals surface area contributed by atoms with Gasteiger partial charge in [-0.25, -0.2) is 23.5 Å². The van der Waals surface area contributed by atoms with Crippen LogP contribution >= 0.6 is 15.9 Å². The Morgan fingerprint density at radius 2 is 2.18 bits per heavy atom. The number of hydrogen-bond donors (Lipinski definition) is 1. The molecule has 1 amide bonds. The maximum atomic E-state index is 11.7. The van der Waals surface area contributed by atoms with Gasteiger partial charge in [-0.15, -0.1) is 0 Å². The summed E-state index contributed by atoms with van der Waals surface area (Å²) in [4.78, 5) is 20.7. The molecule has 2 heterocycles. The molecule has 1 atom stereocenters. The first-order valence-corrected chi connectivity index (χ1v) is 7.07. The summed E-state index contributed by atoms with van der Waals surface area (Å²) in [5.41, 5.74) is 0. The Labute approximate surface area is 106 Å². The zero-order chi connectivity index (χ0) is 12.6. The van der Waals surface area contributed by atoms with E-state index in [0.717, 1.165) is 0 Å². The molecule has 2 N–H and O–H groups in total. The monoisotopic (exact) mass is 320 g/mol. The summed E-state index contributed by atoms with van der Waals surface area (Å²) in [5, 5.41) is 4.15. The minimum absolute atomic E-state index is 0.0289. The van der Waals surface area contributed by atoms with E-state index < -0.39 is 15.3 Å². The van der Waals surface area contributed by atoms with Crippen LogP contribution in [0.3, 0.4) is 0 Å². The molecule has 0 saturated carbocycles. The number of amides is 1. The Morgan fingerprint density at radius 1 is 1.47 bits per heavy atom. The highest BCUT2D eigenvalue weighted by molar-refractivity contribution is 9.10. The SMILES string of the molecule is NS(=O)(=O)C1CC(=O)N(c2cc(Br)ncn2)C1. The number of anilines is 1. The van der Waals surface area contributed by atoms with Gasteiger partial charge in [0.1, 0.15) is 22.0 Å². The van der Waals surface area contributed by atoms with E-state index in [-0.39, 0.29) is 18.9 Å². The fraction of sp³-hybridized carbons (Fsp3) is 0.375. The van der Waals surface area contributed by atoms with Crippen LogP contribution in [0.15, 0.2) is 17.0 Å². The van der Waals surface area contributed by atoms with Gasteiger partial charge in [0.25, 0.3) is 0 Å². The number of carbonyl (C=O) groups is 1. The quantitative estimate of drug-likeness (QED) is 0.748. The van der Waals surface area contributed by atoms with Crippen molar-refractivity contribution in [3.8, 4) is 0 Å². The number of primary sulfonamides is 1. The second-order valence-corrected chi connectivity index (χ2v) is 6.28. The van der Waals surface area contributed by atoms with Crippen LogP contribution in [0.4, 0.5) is 5.82 Å². The average Bonchev–Trinajstić information content (AvgIpc) is 2.60. The molecule has 1 saturated heterocycles. The Hall–Kier alpha value is -1.06. The minimum Gasteiger partial charge on any atom is -0.295 e. The van der Waals surface area contributed by atoms with Gasteiger partial charge in [0.2, 0.25) is 15.9 Å². The van der Waals surface area contributed by atoms with Gasteiger partial charge in [-0.05, 0) is 15.9 Å². The molecule has 1 unspecified atom stereocenters. The second-order valence-electron chi connectivity index (χ2n) is 3.62.